The van der Waals surface area contributed by atoms with Crippen molar-refractivity contribution in [1.82, 2.24) is 4.98 Å². The fourth-order valence-corrected chi connectivity index (χ4v) is 2.19. The zero-order valence-electron chi connectivity index (χ0n) is 7.83. The molecule has 0 aromatic carbocycles. The van der Waals surface area contributed by atoms with E-state index in [0.29, 0.717) is 16.6 Å². The fourth-order valence-electron chi connectivity index (χ4n) is 1.57. The number of anilines is 1. The average Bonchev–Trinajstić information content (AvgIpc) is 2.59. The van der Waals surface area contributed by atoms with Crippen LogP contribution in [-0.2, 0) is 0 Å². The fraction of sp³-hybridized carbons (Fsp3) is 0.556. The topological polar surface area (TPSA) is 48.7 Å². The summed E-state index contributed by atoms with van der Waals surface area (Å²) in [4.78, 5) is 4.48. The molecule has 2 rings (SSSR count). The second-order valence-corrected chi connectivity index (χ2v) is 4.68. The smallest absolute Gasteiger partial charge is 0.248 e. The first-order valence-electron chi connectivity index (χ1n) is 4.57. The van der Waals surface area contributed by atoms with Crippen molar-refractivity contribution in [1.29, 1.82) is 5.26 Å². The molecule has 0 spiro atoms. The van der Waals surface area contributed by atoms with Gasteiger partial charge in [0.15, 0.2) is 5.13 Å². The molecule has 0 amide bonds. The van der Waals surface area contributed by atoms with Crippen molar-refractivity contribution >= 4 is 16.5 Å². The molecule has 0 unspecified atom stereocenters. The van der Waals surface area contributed by atoms with E-state index in [1.54, 1.807) is 0 Å². The second-order valence-electron chi connectivity index (χ2n) is 3.65. The van der Waals surface area contributed by atoms with E-state index in [-0.39, 0.29) is 18.8 Å². The van der Waals surface area contributed by atoms with Crippen molar-refractivity contribution < 1.29 is 8.78 Å². The molecule has 3 nitrogen and oxygen atoms in total. The summed E-state index contributed by atoms with van der Waals surface area (Å²) in [6.07, 6.45) is 1.38. The number of nitrogens with one attached hydrogen (secondary N) is 1. The zero-order chi connectivity index (χ0) is 10.9. The third-order valence-electron chi connectivity index (χ3n) is 2.33. The largest absolute Gasteiger partial charge is 0.361 e. The first-order chi connectivity index (χ1) is 7.09. The molecule has 1 aromatic heterocycles. The summed E-state index contributed by atoms with van der Waals surface area (Å²) in [5.74, 6) is -2.44. The zero-order valence-corrected chi connectivity index (χ0v) is 8.65. The molecule has 1 N–H and O–H groups in total. The number of alkyl halides is 2. The lowest BCUT2D eigenvalue weighted by molar-refractivity contribution is -0.106. The number of halogens is 2. The van der Waals surface area contributed by atoms with Crippen LogP contribution in [-0.4, -0.2) is 17.5 Å². The molecule has 0 radical (unpaired) electrons. The van der Waals surface area contributed by atoms with Crippen LogP contribution in [0.25, 0.3) is 0 Å². The van der Waals surface area contributed by atoms with Gasteiger partial charge in [-0.2, -0.15) is 5.26 Å². The van der Waals surface area contributed by atoms with Crippen molar-refractivity contribution in [2.75, 3.05) is 11.9 Å². The predicted molar refractivity (Wildman–Crippen MR) is 53.0 cm³/mol. The lowest BCUT2D eigenvalue weighted by Crippen LogP contribution is -2.39. The van der Waals surface area contributed by atoms with Crippen LogP contribution in [0.5, 0.6) is 0 Å². The quantitative estimate of drug-likeness (QED) is 0.866. The van der Waals surface area contributed by atoms with E-state index in [4.69, 9.17) is 5.26 Å². The molecule has 0 atom stereocenters. The first-order valence-corrected chi connectivity index (χ1v) is 5.38. The molecule has 0 saturated heterocycles. The van der Waals surface area contributed by atoms with Gasteiger partial charge in [0, 0.05) is 19.4 Å². The number of hydrogen-bond acceptors (Lipinski definition) is 4. The van der Waals surface area contributed by atoms with Gasteiger partial charge in [-0.1, -0.05) is 11.3 Å². The molecule has 1 aromatic rings. The predicted octanol–water partition coefficient (Wildman–Crippen LogP) is 2.47. The van der Waals surface area contributed by atoms with Crippen molar-refractivity contribution in [2.24, 2.45) is 5.92 Å². The number of nitriles is 1. The van der Waals surface area contributed by atoms with Crippen molar-refractivity contribution in [3.05, 3.63) is 11.1 Å². The Bertz CT molecular complexity index is 388. The van der Waals surface area contributed by atoms with E-state index in [1.807, 2.05) is 6.07 Å². The summed E-state index contributed by atoms with van der Waals surface area (Å²) in [6.45, 7) is 0.508. The Morgan fingerprint density at radius 3 is 2.93 bits per heavy atom. The lowest BCUT2D eigenvalue weighted by atomic mass is 9.81. The van der Waals surface area contributed by atoms with Gasteiger partial charge in [0.05, 0.1) is 6.20 Å². The lowest BCUT2D eigenvalue weighted by Gasteiger charge is -2.34. The van der Waals surface area contributed by atoms with Gasteiger partial charge in [-0.3, -0.25) is 0 Å². The maximum atomic E-state index is 12.5. The number of aromatic nitrogens is 1. The van der Waals surface area contributed by atoms with Gasteiger partial charge >= 0.3 is 0 Å². The SMILES string of the molecule is N#Cc1cnc(NCC2CC(F)(F)C2)s1. The van der Waals surface area contributed by atoms with Crippen LogP contribution >= 0.6 is 11.3 Å². The second kappa shape index (κ2) is 3.74. The van der Waals surface area contributed by atoms with Crippen LogP contribution in [0, 0.1) is 17.2 Å². The molecule has 80 valence electrons. The minimum atomic E-state index is -2.47. The molecular weight excluding hydrogens is 220 g/mol. The van der Waals surface area contributed by atoms with Gasteiger partial charge in [-0.05, 0) is 5.92 Å². The average molecular weight is 229 g/mol. The van der Waals surface area contributed by atoms with E-state index in [1.165, 1.54) is 17.5 Å². The third kappa shape index (κ3) is 2.42. The summed E-state index contributed by atoms with van der Waals surface area (Å²) in [6, 6.07) is 1.97. The van der Waals surface area contributed by atoms with E-state index in [2.05, 4.69) is 10.3 Å². The first kappa shape index (κ1) is 10.3. The summed E-state index contributed by atoms with van der Waals surface area (Å²) in [7, 11) is 0. The van der Waals surface area contributed by atoms with Gasteiger partial charge < -0.3 is 5.32 Å². The van der Waals surface area contributed by atoms with E-state index in [9.17, 15) is 8.78 Å². The van der Waals surface area contributed by atoms with Crippen LogP contribution in [0.15, 0.2) is 6.20 Å². The minimum absolute atomic E-state index is 0.0226. The number of thiazole rings is 1. The standard InChI is InChI=1S/C9H9F2N3S/c10-9(11)1-6(2-9)4-13-8-14-5-7(3-12)15-8/h5-6H,1-2,4H2,(H,13,14). The molecule has 1 aliphatic rings. The molecule has 0 bridgehead atoms. The maximum Gasteiger partial charge on any atom is 0.248 e. The van der Waals surface area contributed by atoms with Crippen LogP contribution in [0.4, 0.5) is 13.9 Å². The van der Waals surface area contributed by atoms with Gasteiger partial charge in [0.2, 0.25) is 5.92 Å². The number of nitrogens with zero attached hydrogens (tertiary/aromatic N) is 2. The summed E-state index contributed by atoms with van der Waals surface area (Å²) in [5.41, 5.74) is 0. The van der Waals surface area contributed by atoms with E-state index < -0.39 is 5.92 Å². The Labute approximate surface area is 89.7 Å². The highest BCUT2D eigenvalue weighted by atomic mass is 32.1. The Morgan fingerprint density at radius 1 is 1.67 bits per heavy atom. The van der Waals surface area contributed by atoms with Crippen molar-refractivity contribution in [3.8, 4) is 6.07 Å². The Morgan fingerprint density at radius 2 is 2.40 bits per heavy atom. The highest BCUT2D eigenvalue weighted by Gasteiger charge is 2.44. The van der Waals surface area contributed by atoms with Gasteiger partial charge in [-0.25, -0.2) is 13.8 Å². The Balaban J connectivity index is 1.78. The van der Waals surface area contributed by atoms with Gasteiger partial charge in [0.1, 0.15) is 10.9 Å². The minimum Gasteiger partial charge on any atom is -0.361 e. The van der Waals surface area contributed by atoms with Gasteiger partial charge in [0.25, 0.3) is 0 Å². The molecule has 1 aliphatic carbocycles. The summed E-state index contributed by atoms with van der Waals surface area (Å²) >= 11 is 1.24. The number of hydrogen-bond donors (Lipinski definition) is 1. The van der Waals surface area contributed by atoms with Crippen LogP contribution in [0.3, 0.4) is 0 Å². The van der Waals surface area contributed by atoms with Crippen molar-refractivity contribution in [2.45, 2.75) is 18.8 Å². The van der Waals surface area contributed by atoms with Crippen molar-refractivity contribution in [3.63, 3.8) is 0 Å². The normalized spacial score (nSPS) is 19.3. The molecule has 1 saturated carbocycles. The van der Waals surface area contributed by atoms with E-state index in [0.717, 1.165) is 0 Å². The summed E-state index contributed by atoms with van der Waals surface area (Å²) < 4.78 is 25.0. The molecule has 1 heterocycles. The van der Waals surface area contributed by atoms with Crippen LogP contribution in [0.1, 0.15) is 17.7 Å². The molecule has 0 aliphatic heterocycles. The highest BCUT2D eigenvalue weighted by Crippen LogP contribution is 2.42. The highest BCUT2D eigenvalue weighted by molar-refractivity contribution is 7.16. The molecule has 1 fully saturated rings. The van der Waals surface area contributed by atoms with Crippen LogP contribution in [0.2, 0.25) is 0 Å². The Hall–Kier alpha value is -1.22. The molecular formula is C9H9F2N3S. The summed E-state index contributed by atoms with van der Waals surface area (Å²) in [5, 5.41) is 12.1. The third-order valence-corrected chi connectivity index (χ3v) is 3.19. The monoisotopic (exact) mass is 229 g/mol. The van der Waals surface area contributed by atoms with Gasteiger partial charge in [-0.15, -0.1) is 0 Å². The molecule has 15 heavy (non-hydrogen) atoms. The number of rotatable bonds is 3. The molecule has 6 heteroatoms. The Kier molecular flexibility index (Phi) is 2.57. The maximum absolute atomic E-state index is 12.5. The van der Waals surface area contributed by atoms with E-state index >= 15 is 0 Å². The van der Waals surface area contributed by atoms with Crippen LogP contribution < -0.4 is 5.32 Å².